The second kappa shape index (κ2) is 5.48. The van der Waals surface area contributed by atoms with Crippen molar-refractivity contribution in [2.75, 3.05) is 7.05 Å². The molecule has 0 bridgehead atoms. The normalized spacial score (nSPS) is 10.2. The Hall–Kier alpha value is -2.43. The molecule has 98 valence electrons. The topological polar surface area (TPSA) is 53.4 Å². The standard InChI is InChI=1S/C14H13FN2O2/c1-17(9-10-4-6-16-7-5-10)14(19)12-3-2-11(18)8-13(12)15/h2-8,18H,9H2,1H3. The van der Waals surface area contributed by atoms with Gasteiger partial charge in [-0.2, -0.15) is 0 Å². The van der Waals surface area contributed by atoms with Gasteiger partial charge < -0.3 is 10.0 Å². The van der Waals surface area contributed by atoms with Crippen LogP contribution >= 0.6 is 0 Å². The molecule has 0 unspecified atom stereocenters. The molecule has 19 heavy (non-hydrogen) atoms. The number of hydrogen-bond acceptors (Lipinski definition) is 3. The van der Waals surface area contributed by atoms with Gasteiger partial charge in [-0.1, -0.05) is 0 Å². The Kier molecular flexibility index (Phi) is 3.75. The molecule has 0 spiro atoms. The molecule has 1 heterocycles. The number of benzene rings is 1. The highest BCUT2D eigenvalue weighted by atomic mass is 19.1. The molecular formula is C14H13FN2O2. The van der Waals surface area contributed by atoms with E-state index in [9.17, 15) is 9.18 Å². The summed E-state index contributed by atoms with van der Waals surface area (Å²) in [5.41, 5.74) is 0.847. The predicted octanol–water partition coefficient (Wildman–Crippen LogP) is 2.20. The lowest BCUT2D eigenvalue weighted by Gasteiger charge is -2.17. The molecule has 0 aliphatic heterocycles. The second-order valence-electron chi connectivity index (χ2n) is 4.18. The minimum Gasteiger partial charge on any atom is -0.508 e. The second-order valence-corrected chi connectivity index (χ2v) is 4.18. The summed E-state index contributed by atoms with van der Waals surface area (Å²) in [4.78, 5) is 17.4. The van der Waals surface area contributed by atoms with Gasteiger partial charge in [0.2, 0.25) is 0 Å². The Balaban J connectivity index is 2.15. The predicted molar refractivity (Wildman–Crippen MR) is 68.1 cm³/mol. The molecule has 1 N–H and O–H groups in total. The number of aromatic nitrogens is 1. The lowest BCUT2D eigenvalue weighted by molar-refractivity contribution is 0.0780. The number of pyridine rings is 1. The van der Waals surface area contributed by atoms with E-state index in [-0.39, 0.29) is 11.3 Å². The molecule has 0 radical (unpaired) electrons. The van der Waals surface area contributed by atoms with Crippen LogP contribution in [0.5, 0.6) is 5.75 Å². The Morgan fingerprint density at radius 3 is 2.63 bits per heavy atom. The summed E-state index contributed by atoms with van der Waals surface area (Å²) in [5, 5.41) is 9.12. The zero-order chi connectivity index (χ0) is 13.8. The van der Waals surface area contributed by atoms with Gasteiger partial charge in [-0.05, 0) is 29.8 Å². The highest BCUT2D eigenvalue weighted by Crippen LogP contribution is 2.17. The molecule has 0 saturated heterocycles. The van der Waals surface area contributed by atoms with Crippen molar-refractivity contribution in [3.8, 4) is 5.75 Å². The van der Waals surface area contributed by atoms with Gasteiger partial charge in [0.05, 0.1) is 5.56 Å². The smallest absolute Gasteiger partial charge is 0.256 e. The number of aromatic hydroxyl groups is 1. The first-order chi connectivity index (χ1) is 9.08. The third kappa shape index (κ3) is 3.07. The SMILES string of the molecule is CN(Cc1ccncc1)C(=O)c1ccc(O)cc1F. The van der Waals surface area contributed by atoms with Crippen LogP contribution in [0.4, 0.5) is 4.39 Å². The van der Waals surface area contributed by atoms with Crippen molar-refractivity contribution in [1.82, 2.24) is 9.88 Å². The zero-order valence-electron chi connectivity index (χ0n) is 10.4. The average Bonchev–Trinajstić information content (AvgIpc) is 2.39. The average molecular weight is 260 g/mol. The quantitative estimate of drug-likeness (QED) is 0.920. The molecule has 0 aliphatic rings. The minimum atomic E-state index is -0.730. The van der Waals surface area contributed by atoms with Crippen LogP contribution in [-0.4, -0.2) is 27.9 Å². The van der Waals surface area contributed by atoms with Crippen molar-refractivity contribution in [2.24, 2.45) is 0 Å². The van der Waals surface area contributed by atoms with Crippen molar-refractivity contribution in [3.05, 3.63) is 59.7 Å². The van der Waals surface area contributed by atoms with E-state index >= 15 is 0 Å². The molecule has 2 rings (SSSR count). The molecule has 5 heteroatoms. The van der Waals surface area contributed by atoms with Crippen LogP contribution in [0.1, 0.15) is 15.9 Å². The van der Waals surface area contributed by atoms with Crippen LogP contribution in [0.25, 0.3) is 0 Å². The number of phenolic OH excluding ortho intramolecular Hbond substituents is 1. The third-order valence-corrected chi connectivity index (χ3v) is 2.70. The monoisotopic (exact) mass is 260 g/mol. The van der Waals surface area contributed by atoms with E-state index in [2.05, 4.69) is 4.98 Å². The number of hydrogen-bond donors (Lipinski definition) is 1. The van der Waals surface area contributed by atoms with Crippen LogP contribution in [0.3, 0.4) is 0 Å². The summed E-state index contributed by atoms with van der Waals surface area (Å²) >= 11 is 0. The Morgan fingerprint density at radius 2 is 2.00 bits per heavy atom. The van der Waals surface area contributed by atoms with Crippen LogP contribution < -0.4 is 0 Å². The van der Waals surface area contributed by atoms with Gasteiger partial charge in [0, 0.05) is 32.1 Å². The number of nitrogens with zero attached hydrogens (tertiary/aromatic N) is 2. The molecule has 4 nitrogen and oxygen atoms in total. The fraction of sp³-hybridized carbons (Fsp3) is 0.143. The number of carbonyl (C=O) groups excluding carboxylic acids is 1. The van der Waals surface area contributed by atoms with Gasteiger partial charge in [-0.25, -0.2) is 4.39 Å². The van der Waals surface area contributed by atoms with E-state index in [1.165, 1.54) is 17.0 Å². The van der Waals surface area contributed by atoms with E-state index in [0.717, 1.165) is 11.6 Å². The summed E-state index contributed by atoms with van der Waals surface area (Å²) < 4.78 is 13.6. The third-order valence-electron chi connectivity index (χ3n) is 2.70. The first-order valence-corrected chi connectivity index (χ1v) is 5.71. The number of amides is 1. The zero-order valence-corrected chi connectivity index (χ0v) is 10.4. The molecule has 1 aromatic carbocycles. The van der Waals surface area contributed by atoms with Crippen LogP contribution in [0, 0.1) is 5.82 Å². The lowest BCUT2D eigenvalue weighted by Crippen LogP contribution is -2.27. The summed E-state index contributed by atoms with van der Waals surface area (Å²) in [5.74, 6) is -1.37. The summed E-state index contributed by atoms with van der Waals surface area (Å²) in [7, 11) is 1.59. The Morgan fingerprint density at radius 1 is 1.32 bits per heavy atom. The molecule has 0 saturated carbocycles. The highest BCUT2D eigenvalue weighted by Gasteiger charge is 2.16. The van der Waals surface area contributed by atoms with E-state index in [4.69, 9.17) is 5.11 Å². The molecule has 0 aliphatic carbocycles. The molecule has 1 amide bonds. The maximum atomic E-state index is 13.6. The number of carbonyl (C=O) groups is 1. The van der Waals surface area contributed by atoms with Gasteiger partial charge in [-0.3, -0.25) is 9.78 Å². The van der Waals surface area contributed by atoms with Crippen molar-refractivity contribution >= 4 is 5.91 Å². The van der Waals surface area contributed by atoms with Crippen molar-refractivity contribution in [2.45, 2.75) is 6.54 Å². The number of halogens is 1. The molecule has 2 aromatic rings. The van der Waals surface area contributed by atoms with E-state index in [1.807, 2.05) is 0 Å². The van der Waals surface area contributed by atoms with E-state index < -0.39 is 11.7 Å². The van der Waals surface area contributed by atoms with Crippen molar-refractivity contribution in [1.29, 1.82) is 0 Å². The highest BCUT2D eigenvalue weighted by molar-refractivity contribution is 5.94. The maximum Gasteiger partial charge on any atom is 0.256 e. The summed E-state index contributed by atoms with van der Waals surface area (Å²) in [6, 6.07) is 7.06. The van der Waals surface area contributed by atoms with Gasteiger partial charge in [0.25, 0.3) is 5.91 Å². The van der Waals surface area contributed by atoms with Crippen LogP contribution in [-0.2, 0) is 6.54 Å². The lowest BCUT2D eigenvalue weighted by atomic mass is 10.1. The first-order valence-electron chi connectivity index (χ1n) is 5.71. The maximum absolute atomic E-state index is 13.6. The summed E-state index contributed by atoms with van der Waals surface area (Å²) in [6.07, 6.45) is 3.27. The fourth-order valence-corrected chi connectivity index (χ4v) is 1.72. The van der Waals surface area contributed by atoms with Crippen LogP contribution in [0.15, 0.2) is 42.7 Å². The first kappa shape index (κ1) is 13.0. The van der Waals surface area contributed by atoms with Crippen molar-refractivity contribution < 1.29 is 14.3 Å². The Bertz CT molecular complexity index is 587. The number of rotatable bonds is 3. The van der Waals surface area contributed by atoms with Gasteiger partial charge in [0.15, 0.2) is 0 Å². The number of phenols is 1. The van der Waals surface area contributed by atoms with Crippen LogP contribution in [0.2, 0.25) is 0 Å². The van der Waals surface area contributed by atoms with E-state index in [1.54, 1.807) is 31.6 Å². The van der Waals surface area contributed by atoms with Crippen molar-refractivity contribution in [3.63, 3.8) is 0 Å². The van der Waals surface area contributed by atoms with E-state index in [0.29, 0.717) is 6.54 Å². The van der Waals surface area contributed by atoms with Gasteiger partial charge >= 0.3 is 0 Å². The molecule has 1 aromatic heterocycles. The molecular weight excluding hydrogens is 247 g/mol. The minimum absolute atomic E-state index is 0.0608. The molecule has 0 fully saturated rings. The van der Waals surface area contributed by atoms with Gasteiger partial charge in [-0.15, -0.1) is 0 Å². The Labute approximate surface area is 110 Å². The molecule has 0 atom stereocenters. The fourth-order valence-electron chi connectivity index (χ4n) is 1.72. The largest absolute Gasteiger partial charge is 0.508 e. The van der Waals surface area contributed by atoms with Gasteiger partial charge in [0.1, 0.15) is 11.6 Å². The summed E-state index contributed by atoms with van der Waals surface area (Å²) in [6.45, 7) is 0.363.